The van der Waals surface area contributed by atoms with Gasteiger partial charge in [-0.2, -0.15) is 4.99 Å². The maximum atomic E-state index is 11.1. The molecule has 15 heavy (non-hydrogen) atoms. The number of urea groups is 1. The summed E-state index contributed by atoms with van der Waals surface area (Å²) in [6.07, 6.45) is 0. The summed E-state index contributed by atoms with van der Waals surface area (Å²) in [6.45, 7) is 2.00. The Hall–Kier alpha value is -1.44. The van der Waals surface area contributed by atoms with E-state index >= 15 is 0 Å². The number of aliphatic imine (C=N–C) groups is 1. The van der Waals surface area contributed by atoms with E-state index in [1.165, 1.54) is 11.8 Å². The Morgan fingerprint density at radius 2 is 2.40 bits per heavy atom. The van der Waals surface area contributed by atoms with Crippen LogP contribution >= 0.6 is 11.8 Å². The molecule has 1 heterocycles. The fourth-order valence-electron chi connectivity index (χ4n) is 1.13. The van der Waals surface area contributed by atoms with Gasteiger partial charge < -0.3 is 21.7 Å². The molecule has 0 bridgehead atoms. The smallest absolute Gasteiger partial charge is 0.317 e. The van der Waals surface area contributed by atoms with Crippen molar-refractivity contribution >= 4 is 28.9 Å². The number of hydrogen-bond donors (Lipinski definition) is 4. The van der Waals surface area contributed by atoms with E-state index in [1.54, 1.807) is 4.90 Å². The van der Waals surface area contributed by atoms with Crippen LogP contribution in [0.1, 0.15) is 0 Å². The van der Waals surface area contributed by atoms with Crippen LogP contribution in [-0.2, 0) is 0 Å². The van der Waals surface area contributed by atoms with Gasteiger partial charge in [0, 0.05) is 25.4 Å². The van der Waals surface area contributed by atoms with Gasteiger partial charge in [0.25, 0.3) is 0 Å². The Kier molecular flexibility index (Phi) is 4.22. The van der Waals surface area contributed by atoms with Crippen LogP contribution in [0.3, 0.4) is 0 Å². The van der Waals surface area contributed by atoms with Gasteiger partial charge in [-0.25, -0.2) is 4.79 Å². The fraction of sp³-hybridized carbons (Fsp3) is 0.571. The summed E-state index contributed by atoms with van der Waals surface area (Å²) in [6, 6.07) is -0.0519. The van der Waals surface area contributed by atoms with Crippen LogP contribution in [0.5, 0.6) is 0 Å². The third-order valence-electron chi connectivity index (χ3n) is 1.78. The molecule has 7 nitrogen and oxygen atoms in total. The van der Waals surface area contributed by atoms with Crippen molar-refractivity contribution in [2.75, 3.05) is 25.4 Å². The molecule has 0 aliphatic carbocycles. The second-order valence-electron chi connectivity index (χ2n) is 2.91. The molecule has 0 aromatic carbocycles. The number of nitrogens with two attached hydrogens (primary N) is 2. The van der Waals surface area contributed by atoms with Crippen LogP contribution in [0, 0.1) is 5.41 Å². The lowest BCUT2D eigenvalue weighted by Crippen LogP contribution is -2.30. The molecule has 0 saturated carbocycles. The molecule has 1 aliphatic rings. The maximum absolute atomic E-state index is 11.1. The van der Waals surface area contributed by atoms with Gasteiger partial charge in [0.1, 0.15) is 0 Å². The number of nitrogens with one attached hydrogen (secondary N) is 2. The molecule has 0 spiro atoms. The molecule has 0 aromatic rings. The number of carbonyl (C=O) groups excluding carboxylic acids is 1. The molecule has 0 unspecified atom stereocenters. The SMILES string of the molecule is N=C(N=C(N)N)SCCN1CCNC1=O. The van der Waals surface area contributed by atoms with Gasteiger partial charge in [-0.05, 0) is 0 Å². The minimum absolute atomic E-state index is 0.0519. The van der Waals surface area contributed by atoms with E-state index < -0.39 is 0 Å². The highest BCUT2D eigenvalue weighted by molar-refractivity contribution is 8.13. The molecule has 0 radical (unpaired) electrons. The monoisotopic (exact) mass is 230 g/mol. The Morgan fingerprint density at radius 3 is 2.93 bits per heavy atom. The third-order valence-corrected chi connectivity index (χ3v) is 2.53. The third kappa shape index (κ3) is 4.07. The Labute approximate surface area is 91.8 Å². The zero-order chi connectivity index (χ0) is 11.3. The van der Waals surface area contributed by atoms with Crippen molar-refractivity contribution < 1.29 is 4.79 Å². The van der Waals surface area contributed by atoms with E-state index in [-0.39, 0.29) is 17.2 Å². The normalized spacial score (nSPS) is 14.9. The molecule has 1 saturated heterocycles. The van der Waals surface area contributed by atoms with Crippen molar-refractivity contribution in [3.63, 3.8) is 0 Å². The van der Waals surface area contributed by atoms with E-state index in [0.29, 0.717) is 18.8 Å². The van der Waals surface area contributed by atoms with Crippen molar-refractivity contribution in [2.45, 2.75) is 0 Å². The van der Waals surface area contributed by atoms with E-state index in [1.807, 2.05) is 0 Å². The van der Waals surface area contributed by atoms with Crippen molar-refractivity contribution in [2.24, 2.45) is 16.5 Å². The number of nitrogens with zero attached hydrogens (tertiary/aromatic N) is 2. The van der Waals surface area contributed by atoms with Gasteiger partial charge >= 0.3 is 6.03 Å². The summed E-state index contributed by atoms with van der Waals surface area (Å²) < 4.78 is 0. The number of carbonyl (C=O) groups is 1. The molecule has 2 amide bonds. The lowest BCUT2D eigenvalue weighted by Gasteiger charge is -2.12. The number of rotatable bonds is 3. The minimum Gasteiger partial charge on any atom is -0.370 e. The number of amidine groups is 1. The van der Waals surface area contributed by atoms with E-state index in [0.717, 1.165) is 6.54 Å². The molecular weight excluding hydrogens is 216 g/mol. The Bertz CT molecular complexity index is 287. The Morgan fingerprint density at radius 1 is 1.67 bits per heavy atom. The largest absolute Gasteiger partial charge is 0.370 e. The average Bonchev–Trinajstić information content (AvgIpc) is 2.50. The maximum Gasteiger partial charge on any atom is 0.317 e. The quantitative estimate of drug-likeness (QED) is 0.365. The number of amides is 2. The number of guanidine groups is 1. The first-order valence-electron chi connectivity index (χ1n) is 4.43. The van der Waals surface area contributed by atoms with Crippen molar-refractivity contribution in [1.29, 1.82) is 5.41 Å². The van der Waals surface area contributed by atoms with Crippen molar-refractivity contribution in [3.05, 3.63) is 0 Å². The summed E-state index contributed by atoms with van der Waals surface area (Å²) in [7, 11) is 0. The average molecular weight is 230 g/mol. The summed E-state index contributed by atoms with van der Waals surface area (Å²) in [4.78, 5) is 16.4. The highest BCUT2D eigenvalue weighted by Crippen LogP contribution is 2.05. The lowest BCUT2D eigenvalue weighted by atomic mass is 10.6. The first-order chi connectivity index (χ1) is 7.09. The van der Waals surface area contributed by atoms with Crippen molar-refractivity contribution in [3.8, 4) is 0 Å². The number of thioether (sulfide) groups is 1. The zero-order valence-corrected chi connectivity index (χ0v) is 9.01. The van der Waals surface area contributed by atoms with Crippen LogP contribution in [-0.4, -0.2) is 47.4 Å². The van der Waals surface area contributed by atoms with Crippen LogP contribution in [0.4, 0.5) is 4.79 Å². The fourth-order valence-corrected chi connectivity index (χ4v) is 1.80. The van der Waals surface area contributed by atoms with Gasteiger partial charge in [0.05, 0.1) is 0 Å². The first-order valence-corrected chi connectivity index (χ1v) is 5.42. The van der Waals surface area contributed by atoms with Crippen LogP contribution in [0.2, 0.25) is 0 Å². The highest BCUT2D eigenvalue weighted by Gasteiger charge is 2.18. The molecule has 0 atom stereocenters. The summed E-state index contributed by atoms with van der Waals surface area (Å²) in [5.41, 5.74) is 10.2. The topological polar surface area (TPSA) is 121 Å². The predicted octanol–water partition coefficient (Wildman–Crippen LogP) is -1.05. The van der Waals surface area contributed by atoms with E-state index in [9.17, 15) is 4.79 Å². The highest BCUT2D eigenvalue weighted by atomic mass is 32.2. The Balaban J connectivity index is 2.19. The summed E-state index contributed by atoms with van der Waals surface area (Å²) in [5, 5.41) is 10.1. The molecule has 6 N–H and O–H groups in total. The van der Waals surface area contributed by atoms with Gasteiger partial charge in [0.2, 0.25) is 0 Å². The van der Waals surface area contributed by atoms with Gasteiger partial charge in [0.15, 0.2) is 11.1 Å². The molecule has 1 aliphatic heterocycles. The zero-order valence-electron chi connectivity index (χ0n) is 8.19. The molecule has 8 heteroatoms. The first kappa shape index (κ1) is 11.6. The summed E-state index contributed by atoms with van der Waals surface area (Å²) >= 11 is 1.21. The van der Waals surface area contributed by atoms with Gasteiger partial charge in [-0.3, -0.25) is 5.41 Å². The van der Waals surface area contributed by atoms with Gasteiger partial charge in [-0.15, -0.1) is 0 Å². The van der Waals surface area contributed by atoms with E-state index in [4.69, 9.17) is 16.9 Å². The second kappa shape index (κ2) is 5.44. The van der Waals surface area contributed by atoms with Crippen LogP contribution in [0.15, 0.2) is 4.99 Å². The van der Waals surface area contributed by atoms with Crippen LogP contribution in [0.25, 0.3) is 0 Å². The minimum atomic E-state index is -0.119. The molecule has 1 fully saturated rings. The predicted molar refractivity (Wildman–Crippen MR) is 61.0 cm³/mol. The molecular formula is C7H14N6OS. The molecule has 1 rings (SSSR count). The standard InChI is InChI=1S/C7H14N6OS/c8-5(9)12-6(10)15-4-3-13-2-1-11-7(13)14/h1-4H2,(H,11,14)(H5,8,9,10,12). The summed E-state index contributed by atoms with van der Waals surface area (Å²) in [5.74, 6) is 0.495. The molecule has 84 valence electrons. The number of hydrogen-bond acceptors (Lipinski definition) is 3. The van der Waals surface area contributed by atoms with E-state index in [2.05, 4.69) is 10.3 Å². The van der Waals surface area contributed by atoms with Crippen molar-refractivity contribution in [1.82, 2.24) is 10.2 Å². The lowest BCUT2D eigenvalue weighted by molar-refractivity contribution is 0.220. The molecule has 0 aromatic heterocycles. The van der Waals surface area contributed by atoms with Crippen LogP contribution < -0.4 is 16.8 Å². The van der Waals surface area contributed by atoms with Gasteiger partial charge in [-0.1, -0.05) is 11.8 Å². The second-order valence-corrected chi connectivity index (χ2v) is 3.99.